The van der Waals surface area contributed by atoms with Crippen LogP contribution >= 0.6 is 11.6 Å². The zero-order valence-corrected chi connectivity index (χ0v) is 18.4. The van der Waals surface area contributed by atoms with E-state index < -0.39 is 35.1 Å². The molecule has 3 aromatic carbocycles. The fourth-order valence-electron chi connectivity index (χ4n) is 3.97. The zero-order valence-electron chi connectivity index (χ0n) is 17.6. The minimum atomic E-state index is -1.17. The highest BCUT2D eigenvalue weighted by atomic mass is 35.5. The molecule has 1 saturated heterocycles. The average molecular weight is 470 g/mol. The molecule has 1 fully saturated rings. The van der Waals surface area contributed by atoms with Gasteiger partial charge in [-0.15, -0.1) is 0 Å². The van der Waals surface area contributed by atoms with E-state index in [0.717, 1.165) is 17.0 Å². The lowest BCUT2D eigenvalue weighted by Crippen LogP contribution is -2.30. The van der Waals surface area contributed by atoms with Crippen LogP contribution in [-0.4, -0.2) is 23.9 Å². The Morgan fingerprint density at radius 3 is 2.39 bits per heavy atom. The summed E-state index contributed by atoms with van der Waals surface area (Å²) in [5.74, 6) is -4.34. The Morgan fingerprint density at radius 1 is 1.06 bits per heavy atom. The molecule has 1 atom stereocenters. The molecule has 1 amide bonds. The molecule has 3 aromatic rings. The van der Waals surface area contributed by atoms with Crippen molar-refractivity contribution in [1.82, 2.24) is 0 Å². The topological polar surface area (TPSA) is 66.8 Å². The third kappa shape index (κ3) is 3.85. The number of methoxy groups -OCH3 is 1. The minimum Gasteiger partial charge on any atom is -0.507 e. The number of nitrogens with zero attached hydrogens (tertiary/aromatic N) is 1. The first-order valence-corrected chi connectivity index (χ1v) is 10.3. The predicted octanol–water partition coefficient (Wildman–Crippen LogP) is 5.56. The normalized spacial score (nSPS) is 17.5. The molecule has 1 aliphatic heterocycles. The van der Waals surface area contributed by atoms with Gasteiger partial charge in [-0.25, -0.2) is 8.78 Å². The Labute approximate surface area is 193 Å². The number of anilines is 1. The van der Waals surface area contributed by atoms with E-state index in [4.69, 9.17) is 16.3 Å². The second-order valence-electron chi connectivity index (χ2n) is 7.50. The third-order valence-corrected chi connectivity index (χ3v) is 5.66. The second kappa shape index (κ2) is 8.67. The van der Waals surface area contributed by atoms with Crippen molar-refractivity contribution in [2.75, 3.05) is 12.0 Å². The number of Topliss-reactive ketones (excluding diaryl/α,β-unsaturated/α-hetero) is 1. The number of carbonyl (C=O) groups excluding carboxylic acids is 2. The Balaban J connectivity index is 2.02. The van der Waals surface area contributed by atoms with E-state index in [1.165, 1.54) is 7.11 Å². The van der Waals surface area contributed by atoms with Crippen molar-refractivity contribution in [2.45, 2.75) is 13.0 Å². The Bertz CT molecular complexity index is 1310. The van der Waals surface area contributed by atoms with Crippen LogP contribution in [0.3, 0.4) is 0 Å². The summed E-state index contributed by atoms with van der Waals surface area (Å²) in [6, 6.07) is 13.1. The number of aliphatic hydroxyl groups is 1. The van der Waals surface area contributed by atoms with E-state index in [1.54, 1.807) is 49.4 Å². The summed E-state index contributed by atoms with van der Waals surface area (Å²) in [7, 11) is 1.36. The summed E-state index contributed by atoms with van der Waals surface area (Å²) >= 11 is 6.26. The lowest BCUT2D eigenvalue weighted by atomic mass is 9.94. The SMILES string of the molecule is COc1c(Cl)cc(C)cc1/C(O)=C1\C(=O)C(=O)N(c2ccc(F)cc2F)C1c1ccccc1. The van der Waals surface area contributed by atoms with Gasteiger partial charge in [0.05, 0.1) is 35.0 Å². The summed E-state index contributed by atoms with van der Waals surface area (Å²) in [6.45, 7) is 1.74. The van der Waals surface area contributed by atoms with Gasteiger partial charge in [0.2, 0.25) is 0 Å². The lowest BCUT2D eigenvalue weighted by Gasteiger charge is -2.26. The van der Waals surface area contributed by atoms with Gasteiger partial charge in [0.1, 0.15) is 23.1 Å². The summed E-state index contributed by atoms with van der Waals surface area (Å²) in [5.41, 5.74) is 0.675. The third-order valence-electron chi connectivity index (χ3n) is 5.38. The van der Waals surface area contributed by atoms with Crippen LogP contribution in [0.25, 0.3) is 5.76 Å². The molecule has 4 rings (SSSR count). The smallest absolute Gasteiger partial charge is 0.300 e. The molecule has 0 spiro atoms. The molecular weight excluding hydrogens is 452 g/mol. The lowest BCUT2D eigenvalue weighted by molar-refractivity contribution is -0.132. The van der Waals surface area contributed by atoms with E-state index in [1.807, 2.05) is 0 Å². The zero-order chi connectivity index (χ0) is 23.9. The number of halogens is 3. The molecular formula is C25H18ClF2NO4. The maximum absolute atomic E-state index is 14.7. The molecule has 0 bridgehead atoms. The van der Waals surface area contributed by atoms with Gasteiger partial charge >= 0.3 is 0 Å². The molecule has 33 heavy (non-hydrogen) atoms. The van der Waals surface area contributed by atoms with Crippen molar-refractivity contribution in [2.24, 2.45) is 0 Å². The van der Waals surface area contributed by atoms with Crippen molar-refractivity contribution in [3.05, 3.63) is 99.6 Å². The Morgan fingerprint density at radius 2 is 1.76 bits per heavy atom. The number of ether oxygens (including phenoxy) is 1. The number of benzene rings is 3. The van der Waals surface area contributed by atoms with Crippen LogP contribution in [0.5, 0.6) is 5.75 Å². The summed E-state index contributed by atoms with van der Waals surface area (Å²) in [4.78, 5) is 27.1. The maximum atomic E-state index is 14.7. The first-order valence-electron chi connectivity index (χ1n) is 9.90. The number of aryl methyl sites for hydroxylation is 1. The van der Waals surface area contributed by atoms with Crippen molar-refractivity contribution >= 4 is 34.7 Å². The van der Waals surface area contributed by atoms with Gasteiger partial charge in [0.15, 0.2) is 0 Å². The first kappa shape index (κ1) is 22.5. The van der Waals surface area contributed by atoms with Crippen LogP contribution in [0.4, 0.5) is 14.5 Å². The van der Waals surface area contributed by atoms with Gasteiger partial charge < -0.3 is 9.84 Å². The van der Waals surface area contributed by atoms with Gasteiger partial charge in [0, 0.05) is 6.07 Å². The molecule has 1 aliphatic rings. The largest absolute Gasteiger partial charge is 0.507 e. The number of hydrogen-bond donors (Lipinski definition) is 1. The minimum absolute atomic E-state index is 0.112. The van der Waals surface area contributed by atoms with E-state index in [0.29, 0.717) is 17.2 Å². The predicted molar refractivity (Wildman–Crippen MR) is 120 cm³/mol. The molecule has 0 aromatic heterocycles. The molecule has 8 heteroatoms. The maximum Gasteiger partial charge on any atom is 0.300 e. The fraction of sp³-hybridized carbons (Fsp3) is 0.120. The van der Waals surface area contributed by atoms with Crippen LogP contribution in [0, 0.1) is 18.6 Å². The standard InChI is InChI=1S/C25H18ClF2NO4/c1-13-10-16(24(33-2)17(26)11-13)22(30)20-21(14-6-4-3-5-7-14)29(25(32)23(20)31)19-9-8-15(27)12-18(19)28/h3-12,21,30H,1-2H3/b22-20+. The van der Waals surface area contributed by atoms with Gasteiger partial charge in [0.25, 0.3) is 11.7 Å². The van der Waals surface area contributed by atoms with Crippen molar-refractivity contribution in [3.63, 3.8) is 0 Å². The van der Waals surface area contributed by atoms with E-state index in [2.05, 4.69) is 0 Å². The van der Waals surface area contributed by atoms with Crippen LogP contribution in [0.2, 0.25) is 5.02 Å². The summed E-state index contributed by atoms with van der Waals surface area (Å²) < 4.78 is 33.6. The van der Waals surface area contributed by atoms with Gasteiger partial charge in [-0.05, 0) is 42.3 Å². The molecule has 5 nitrogen and oxygen atoms in total. The monoisotopic (exact) mass is 469 g/mol. The summed E-state index contributed by atoms with van der Waals surface area (Å²) in [5, 5.41) is 11.5. The molecule has 168 valence electrons. The van der Waals surface area contributed by atoms with Crippen molar-refractivity contribution in [3.8, 4) is 5.75 Å². The molecule has 1 unspecified atom stereocenters. The number of ketones is 1. The molecule has 0 saturated carbocycles. The highest BCUT2D eigenvalue weighted by Crippen LogP contribution is 2.45. The van der Waals surface area contributed by atoms with Crippen LogP contribution in [0.1, 0.15) is 22.7 Å². The number of aliphatic hydroxyl groups excluding tert-OH is 1. The van der Waals surface area contributed by atoms with Crippen LogP contribution < -0.4 is 9.64 Å². The highest BCUT2D eigenvalue weighted by Gasteiger charge is 2.48. The first-order chi connectivity index (χ1) is 15.7. The number of amides is 1. The quantitative estimate of drug-likeness (QED) is 0.308. The Hall–Kier alpha value is -3.71. The molecule has 1 heterocycles. The molecule has 0 aliphatic carbocycles. The number of rotatable bonds is 4. The van der Waals surface area contributed by atoms with E-state index >= 15 is 0 Å². The molecule has 0 radical (unpaired) electrons. The summed E-state index contributed by atoms with van der Waals surface area (Å²) in [6.07, 6.45) is 0. The van der Waals surface area contributed by atoms with Crippen LogP contribution in [0.15, 0.2) is 66.2 Å². The van der Waals surface area contributed by atoms with Gasteiger partial charge in [-0.1, -0.05) is 41.9 Å². The van der Waals surface area contributed by atoms with Crippen molar-refractivity contribution in [1.29, 1.82) is 0 Å². The van der Waals surface area contributed by atoms with Crippen molar-refractivity contribution < 1.29 is 28.2 Å². The van der Waals surface area contributed by atoms with E-state index in [-0.39, 0.29) is 27.6 Å². The molecule has 1 N–H and O–H groups in total. The van der Waals surface area contributed by atoms with Gasteiger partial charge in [-0.2, -0.15) is 0 Å². The fourth-order valence-corrected chi connectivity index (χ4v) is 4.32. The number of hydrogen-bond acceptors (Lipinski definition) is 4. The highest BCUT2D eigenvalue weighted by molar-refractivity contribution is 6.51. The second-order valence-corrected chi connectivity index (χ2v) is 7.91. The van der Waals surface area contributed by atoms with E-state index in [9.17, 15) is 23.5 Å². The van der Waals surface area contributed by atoms with Gasteiger partial charge in [-0.3, -0.25) is 14.5 Å². The van der Waals surface area contributed by atoms with Crippen LogP contribution in [-0.2, 0) is 9.59 Å². The Kier molecular flexibility index (Phi) is 5.91. The number of carbonyl (C=O) groups is 2. The average Bonchev–Trinajstić information content (AvgIpc) is 3.04.